The van der Waals surface area contributed by atoms with Gasteiger partial charge >= 0.3 is 0 Å². The zero-order chi connectivity index (χ0) is 13.2. The predicted molar refractivity (Wildman–Crippen MR) is 72.9 cm³/mol. The van der Waals surface area contributed by atoms with E-state index in [4.69, 9.17) is 9.47 Å². The maximum atomic E-state index is 5.89. The highest BCUT2D eigenvalue weighted by Gasteiger charge is 2.29. The van der Waals surface area contributed by atoms with Gasteiger partial charge in [-0.25, -0.2) is 9.97 Å². The maximum absolute atomic E-state index is 5.89. The van der Waals surface area contributed by atoms with Crippen LogP contribution in [-0.4, -0.2) is 48.9 Å². The van der Waals surface area contributed by atoms with Crippen molar-refractivity contribution in [2.24, 2.45) is 0 Å². The zero-order valence-corrected chi connectivity index (χ0v) is 11.4. The largest absolute Gasteiger partial charge is 0.484 e. The number of fused-ring (bicyclic) bond motifs is 1. The molecule has 3 heterocycles. The molecule has 2 aliphatic rings. The van der Waals surface area contributed by atoms with Crippen LogP contribution in [0.4, 0.5) is 11.6 Å². The number of nitrogens with zero attached hydrogens (tertiary/aromatic N) is 3. The summed E-state index contributed by atoms with van der Waals surface area (Å²) in [6.07, 6.45) is 4.12. The summed E-state index contributed by atoms with van der Waals surface area (Å²) in [5.41, 5.74) is 0. The fourth-order valence-electron chi connectivity index (χ4n) is 2.56. The van der Waals surface area contributed by atoms with Crippen LogP contribution in [0.15, 0.2) is 6.33 Å². The molecule has 6 nitrogen and oxygen atoms in total. The van der Waals surface area contributed by atoms with Gasteiger partial charge in [-0.1, -0.05) is 0 Å². The molecule has 1 fully saturated rings. The lowest BCUT2D eigenvalue weighted by atomic mass is 10.1. The van der Waals surface area contributed by atoms with E-state index >= 15 is 0 Å². The summed E-state index contributed by atoms with van der Waals surface area (Å²) in [7, 11) is 1.71. The minimum atomic E-state index is 0.0818. The van der Waals surface area contributed by atoms with E-state index in [2.05, 4.69) is 20.2 Å². The molecule has 0 radical (unpaired) electrons. The molecule has 6 heteroatoms. The van der Waals surface area contributed by atoms with E-state index in [0.717, 1.165) is 30.5 Å². The van der Waals surface area contributed by atoms with Gasteiger partial charge in [-0.2, -0.15) is 0 Å². The molecule has 2 atom stereocenters. The highest BCUT2D eigenvalue weighted by Crippen LogP contribution is 2.36. The number of anilines is 2. The van der Waals surface area contributed by atoms with Crippen molar-refractivity contribution in [2.45, 2.75) is 31.9 Å². The Morgan fingerprint density at radius 1 is 1.42 bits per heavy atom. The number of hydrogen-bond acceptors (Lipinski definition) is 6. The van der Waals surface area contributed by atoms with Crippen LogP contribution < -0.4 is 15.0 Å². The highest BCUT2D eigenvalue weighted by molar-refractivity contribution is 5.66. The van der Waals surface area contributed by atoms with Gasteiger partial charge in [-0.15, -0.1) is 0 Å². The molecule has 0 saturated carbocycles. The average Bonchev–Trinajstić information content (AvgIpc) is 2.99. The van der Waals surface area contributed by atoms with Crippen molar-refractivity contribution in [1.29, 1.82) is 0 Å². The van der Waals surface area contributed by atoms with E-state index in [9.17, 15) is 0 Å². The van der Waals surface area contributed by atoms with Gasteiger partial charge in [-0.3, -0.25) is 0 Å². The standard InChI is InChI=1S/C13H20N4O2/c1-9(18-2)10-7-19-11-12(16-10)14-8-15-13(11)17-5-3-4-6-17/h8-10H,3-7H2,1-2H3,(H,14,15,16). The molecule has 19 heavy (non-hydrogen) atoms. The molecule has 104 valence electrons. The number of nitrogens with one attached hydrogen (secondary N) is 1. The first-order valence-corrected chi connectivity index (χ1v) is 6.81. The van der Waals surface area contributed by atoms with Crippen molar-refractivity contribution in [3.63, 3.8) is 0 Å². The van der Waals surface area contributed by atoms with Crippen LogP contribution in [0.5, 0.6) is 5.75 Å². The fourth-order valence-corrected chi connectivity index (χ4v) is 2.56. The first-order chi connectivity index (χ1) is 9.29. The van der Waals surface area contributed by atoms with Gasteiger partial charge in [0.05, 0.1) is 12.1 Å². The highest BCUT2D eigenvalue weighted by atomic mass is 16.5. The second-order valence-electron chi connectivity index (χ2n) is 5.07. The molecule has 1 aromatic heterocycles. The Hall–Kier alpha value is -1.56. The molecule has 0 amide bonds. The van der Waals surface area contributed by atoms with Crippen LogP contribution in [0.1, 0.15) is 19.8 Å². The lowest BCUT2D eigenvalue weighted by Gasteiger charge is -2.31. The molecule has 3 rings (SSSR count). The first-order valence-electron chi connectivity index (χ1n) is 6.81. The maximum Gasteiger partial charge on any atom is 0.204 e. The Kier molecular flexibility index (Phi) is 3.42. The Bertz CT molecular complexity index is 448. The van der Waals surface area contributed by atoms with E-state index in [0.29, 0.717) is 6.61 Å². The van der Waals surface area contributed by atoms with Gasteiger partial charge in [-0.05, 0) is 19.8 Å². The number of ether oxygens (including phenoxy) is 2. The molecule has 2 unspecified atom stereocenters. The van der Waals surface area contributed by atoms with Crippen LogP contribution in [0.2, 0.25) is 0 Å². The summed E-state index contributed by atoms with van der Waals surface area (Å²) >= 11 is 0. The number of rotatable bonds is 3. The minimum absolute atomic E-state index is 0.0818. The Morgan fingerprint density at radius 2 is 2.21 bits per heavy atom. The SMILES string of the molecule is COC(C)C1COc2c(ncnc2N2CCCC2)N1. The molecular formula is C13H20N4O2. The molecule has 0 aromatic carbocycles. The van der Waals surface area contributed by atoms with Crippen LogP contribution in [0.3, 0.4) is 0 Å². The topological polar surface area (TPSA) is 59.5 Å². The van der Waals surface area contributed by atoms with Gasteiger partial charge in [0, 0.05) is 20.2 Å². The second-order valence-corrected chi connectivity index (χ2v) is 5.07. The Labute approximate surface area is 113 Å². The lowest BCUT2D eigenvalue weighted by Crippen LogP contribution is -2.41. The molecule has 2 aliphatic heterocycles. The molecule has 1 N–H and O–H groups in total. The van der Waals surface area contributed by atoms with Gasteiger partial charge in [0.15, 0.2) is 11.6 Å². The molecular weight excluding hydrogens is 244 g/mol. The van der Waals surface area contributed by atoms with Gasteiger partial charge in [0.2, 0.25) is 5.75 Å². The zero-order valence-electron chi connectivity index (χ0n) is 11.4. The minimum Gasteiger partial charge on any atom is -0.484 e. The van der Waals surface area contributed by atoms with E-state index in [-0.39, 0.29) is 12.1 Å². The van der Waals surface area contributed by atoms with Crippen molar-refractivity contribution in [1.82, 2.24) is 9.97 Å². The van der Waals surface area contributed by atoms with Crippen molar-refractivity contribution in [2.75, 3.05) is 37.0 Å². The number of aromatic nitrogens is 2. The monoisotopic (exact) mass is 264 g/mol. The van der Waals surface area contributed by atoms with Crippen LogP contribution in [0, 0.1) is 0 Å². The smallest absolute Gasteiger partial charge is 0.204 e. The van der Waals surface area contributed by atoms with E-state index in [1.807, 2.05) is 6.92 Å². The summed E-state index contributed by atoms with van der Waals surface area (Å²) in [6.45, 7) is 4.69. The molecule has 0 bridgehead atoms. The molecule has 1 saturated heterocycles. The van der Waals surface area contributed by atoms with Crippen molar-refractivity contribution >= 4 is 11.6 Å². The van der Waals surface area contributed by atoms with Crippen LogP contribution in [-0.2, 0) is 4.74 Å². The van der Waals surface area contributed by atoms with Crippen LogP contribution in [0.25, 0.3) is 0 Å². The van der Waals surface area contributed by atoms with Crippen LogP contribution >= 0.6 is 0 Å². The lowest BCUT2D eigenvalue weighted by molar-refractivity contribution is 0.0804. The van der Waals surface area contributed by atoms with E-state index in [1.54, 1.807) is 13.4 Å². The fraction of sp³-hybridized carbons (Fsp3) is 0.692. The van der Waals surface area contributed by atoms with Gasteiger partial charge in [0.1, 0.15) is 12.9 Å². The third-order valence-corrected chi connectivity index (χ3v) is 3.86. The summed E-state index contributed by atoms with van der Waals surface area (Å²) in [6, 6.07) is 0.124. The summed E-state index contributed by atoms with van der Waals surface area (Å²) in [5, 5.41) is 3.38. The molecule has 1 aromatic rings. The predicted octanol–water partition coefficient (Wildman–Crippen LogP) is 1.28. The third kappa shape index (κ3) is 2.32. The Morgan fingerprint density at radius 3 is 2.95 bits per heavy atom. The first kappa shape index (κ1) is 12.5. The van der Waals surface area contributed by atoms with Crippen molar-refractivity contribution in [3.8, 4) is 5.75 Å². The van der Waals surface area contributed by atoms with E-state index in [1.165, 1.54) is 12.8 Å². The summed E-state index contributed by atoms with van der Waals surface area (Å²) in [4.78, 5) is 10.9. The molecule has 0 aliphatic carbocycles. The van der Waals surface area contributed by atoms with E-state index < -0.39 is 0 Å². The van der Waals surface area contributed by atoms with Gasteiger partial charge < -0.3 is 19.7 Å². The van der Waals surface area contributed by atoms with Crippen molar-refractivity contribution < 1.29 is 9.47 Å². The average molecular weight is 264 g/mol. The third-order valence-electron chi connectivity index (χ3n) is 3.86. The normalized spacial score (nSPS) is 23.5. The Balaban J connectivity index is 1.84. The number of methoxy groups -OCH3 is 1. The quantitative estimate of drug-likeness (QED) is 0.887. The second kappa shape index (κ2) is 5.21. The number of hydrogen-bond donors (Lipinski definition) is 1. The summed E-state index contributed by atoms with van der Waals surface area (Å²) in [5.74, 6) is 2.47. The van der Waals surface area contributed by atoms with Gasteiger partial charge in [0.25, 0.3) is 0 Å². The van der Waals surface area contributed by atoms with Crippen molar-refractivity contribution in [3.05, 3.63) is 6.33 Å². The molecule has 0 spiro atoms. The summed E-state index contributed by atoms with van der Waals surface area (Å²) < 4.78 is 11.2.